The van der Waals surface area contributed by atoms with Gasteiger partial charge in [0.05, 0.1) is 0 Å². The molecule has 0 aliphatic carbocycles. The minimum atomic E-state index is 0.0653. The Labute approximate surface area is 126 Å². The number of carbonyl (C=O) groups excluding carboxylic acids is 1. The van der Waals surface area contributed by atoms with Crippen LogP contribution in [0.5, 0.6) is 0 Å². The monoisotopic (exact) mass is 287 g/mol. The Hall–Kier alpha value is -1.55. The zero-order valence-corrected chi connectivity index (χ0v) is 12.8. The number of nitrogens with zero attached hydrogens (tertiary/aromatic N) is 1. The summed E-state index contributed by atoms with van der Waals surface area (Å²) in [5.74, 6) is 0.0653. The fourth-order valence-electron chi connectivity index (χ4n) is 3.61. The number of fused-ring (bicyclic) bond motifs is 1. The summed E-state index contributed by atoms with van der Waals surface area (Å²) in [6.07, 6.45) is 4.92. The lowest BCUT2D eigenvalue weighted by atomic mass is 9.99. The number of amides is 1. The van der Waals surface area contributed by atoms with Crippen LogP contribution in [0, 0.1) is 0 Å². The largest absolute Gasteiger partial charge is 0.385 e. The summed E-state index contributed by atoms with van der Waals surface area (Å²) in [6.45, 7) is 5.30. The Morgan fingerprint density at radius 1 is 1.19 bits per heavy atom. The molecule has 0 spiro atoms. The summed E-state index contributed by atoms with van der Waals surface area (Å²) in [6, 6.07) is 8.64. The van der Waals surface area contributed by atoms with Crippen molar-refractivity contribution in [3.05, 3.63) is 29.8 Å². The van der Waals surface area contributed by atoms with Crippen LogP contribution in [0.15, 0.2) is 24.3 Å². The molecule has 2 N–H and O–H groups in total. The third-order valence-electron chi connectivity index (χ3n) is 4.70. The number of nitrogens with one attached hydrogen (secondary N) is 2. The van der Waals surface area contributed by atoms with Gasteiger partial charge in [0.2, 0.25) is 0 Å². The van der Waals surface area contributed by atoms with E-state index in [1.54, 1.807) is 0 Å². The summed E-state index contributed by atoms with van der Waals surface area (Å²) < 4.78 is 0. The molecule has 21 heavy (non-hydrogen) atoms. The van der Waals surface area contributed by atoms with E-state index >= 15 is 0 Å². The van der Waals surface area contributed by atoms with Crippen LogP contribution in [-0.2, 0) is 0 Å². The molecule has 2 fully saturated rings. The highest BCUT2D eigenvalue weighted by atomic mass is 16.1. The van der Waals surface area contributed by atoms with Gasteiger partial charge in [0.25, 0.3) is 5.91 Å². The summed E-state index contributed by atoms with van der Waals surface area (Å²) in [5, 5.41) is 6.49. The van der Waals surface area contributed by atoms with E-state index in [0.29, 0.717) is 12.1 Å². The molecule has 2 aliphatic heterocycles. The third-order valence-corrected chi connectivity index (χ3v) is 4.70. The van der Waals surface area contributed by atoms with Crippen molar-refractivity contribution < 1.29 is 4.79 Å². The molecule has 0 saturated carbocycles. The number of anilines is 1. The molecule has 0 aromatic heterocycles. The molecule has 1 aromatic carbocycles. The van der Waals surface area contributed by atoms with Gasteiger partial charge in [-0.15, -0.1) is 0 Å². The zero-order valence-electron chi connectivity index (χ0n) is 12.8. The molecule has 2 aliphatic rings. The van der Waals surface area contributed by atoms with E-state index in [9.17, 15) is 4.79 Å². The Kier molecular flexibility index (Phi) is 4.44. The highest BCUT2D eigenvalue weighted by Gasteiger charge is 2.36. The van der Waals surface area contributed by atoms with Crippen LogP contribution in [0.25, 0.3) is 0 Å². The van der Waals surface area contributed by atoms with Gasteiger partial charge in [-0.05, 0) is 57.0 Å². The van der Waals surface area contributed by atoms with Crippen molar-refractivity contribution in [1.29, 1.82) is 0 Å². The molecule has 1 aromatic rings. The van der Waals surface area contributed by atoms with Crippen molar-refractivity contribution in [2.45, 2.75) is 44.7 Å². The molecule has 114 valence electrons. The van der Waals surface area contributed by atoms with Crippen LogP contribution in [0.1, 0.15) is 43.0 Å². The molecule has 2 unspecified atom stereocenters. The molecule has 2 heterocycles. The SMILES string of the molecule is CCNc1ccc(C(=O)NC2CCN3CCCCC23)cc1. The average molecular weight is 287 g/mol. The molecule has 0 radical (unpaired) electrons. The fourth-order valence-corrected chi connectivity index (χ4v) is 3.61. The Bertz CT molecular complexity index is 485. The highest BCUT2D eigenvalue weighted by molar-refractivity contribution is 5.94. The molecule has 1 amide bonds. The van der Waals surface area contributed by atoms with Gasteiger partial charge in [0.1, 0.15) is 0 Å². The predicted octanol–water partition coefficient (Wildman–Crippen LogP) is 2.48. The Balaban J connectivity index is 1.60. The van der Waals surface area contributed by atoms with Gasteiger partial charge in [-0.1, -0.05) is 6.42 Å². The second-order valence-corrected chi connectivity index (χ2v) is 6.08. The normalized spacial score (nSPS) is 25.4. The maximum atomic E-state index is 12.4. The Morgan fingerprint density at radius 2 is 2.00 bits per heavy atom. The molecule has 2 atom stereocenters. The van der Waals surface area contributed by atoms with E-state index < -0.39 is 0 Å². The molecule has 0 bridgehead atoms. The molecular weight excluding hydrogens is 262 g/mol. The molecule has 3 rings (SSSR count). The van der Waals surface area contributed by atoms with E-state index in [-0.39, 0.29) is 5.91 Å². The first kappa shape index (κ1) is 14.4. The first-order valence-electron chi connectivity index (χ1n) is 8.17. The van der Waals surface area contributed by atoms with Gasteiger partial charge in [0.15, 0.2) is 0 Å². The van der Waals surface area contributed by atoms with E-state index in [4.69, 9.17) is 0 Å². The van der Waals surface area contributed by atoms with Crippen LogP contribution in [0.4, 0.5) is 5.69 Å². The van der Waals surface area contributed by atoms with E-state index in [1.807, 2.05) is 24.3 Å². The Morgan fingerprint density at radius 3 is 2.76 bits per heavy atom. The van der Waals surface area contributed by atoms with Crippen LogP contribution in [0.2, 0.25) is 0 Å². The second kappa shape index (κ2) is 6.48. The summed E-state index contributed by atoms with van der Waals surface area (Å²) >= 11 is 0. The standard InChI is InChI=1S/C17H25N3O/c1-2-18-14-8-6-13(7-9-14)17(21)19-15-10-12-20-11-4-3-5-16(15)20/h6-9,15-16,18H,2-5,10-12H2,1H3,(H,19,21). The van der Waals surface area contributed by atoms with Crippen LogP contribution in [-0.4, -0.2) is 42.5 Å². The first-order chi connectivity index (χ1) is 10.3. The number of piperidine rings is 1. The first-order valence-corrected chi connectivity index (χ1v) is 8.17. The minimum absolute atomic E-state index is 0.0653. The molecular formula is C17H25N3O. The third kappa shape index (κ3) is 3.21. The van der Waals surface area contributed by atoms with E-state index in [2.05, 4.69) is 22.5 Å². The lowest BCUT2D eigenvalue weighted by Crippen LogP contribution is -2.46. The number of rotatable bonds is 4. The zero-order chi connectivity index (χ0) is 14.7. The van der Waals surface area contributed by atoms with Gasteiger partial charge in [-0.25, -0.2) is 0 Å². The second-order valence-electron chi connectivity index (χ2n) is 6.08. The lowest BCUT2D eigenvalue weighted by molar-refractivity contribution is 0.0915. The number of hydrogen-bond donors (Lipinski definition) is 2. The van der Waals surface area contributed by atoms with Crippen molar-refractivity contribution in [2.75, 3.05) is 25.0 Å². The maximum absolute atomic E-state index is 12.4. The topological polar surface area (TPSA) is 44.4 Å². The number of benzene rings is 1. The van der Waals surface area contributed by atoms with Gasteiger partial charge in [0, 0.05) is 36.4 Å². The van der Waals surface area contributed by atoms with E-state index in [1.165, 1.54) is 25.8 Å². The summed E-state index contributed by atoms with van der Waals surface area (Å²) in [4.78, 5) is 14.9. The van der Waals surface area contributed by atoms with Crippen molar-refractivity contribution >= 4 is 11.6 Å². The van der Waals surface area contributed by atoms with Gasteiger partial charge >= 0.3 is 0 Å². The number of hydrogen-bond acceptors (Lipinski definition) is 3. The maximum Gasteiger partial charge on any atom is 0.251 e. The quantitative estimate of drug-likeness (QED) is 0.894. The molecule has 4 nitrogen and oxygen atoms in total. The van der Waals surface area contributed by atoms with Crippen molar-refractivity contribution in [3.63, 3.8) is 0 Å². The van der Waals surface area contributed by atoms with Crippen molar-refractivity contribution in [3.8, 4) is 0 Å². The smallest absolute Gasteiger partial charge is 0.251 e. The summed E-state index contributed by atoms with van der Waals surface area (Å²) in [7, 11) is 0. The molecule has 4 heteroatoms. The number of carbonyl (C=O) groups is 1. The van der Waals surface area contributed by atoms with Crippen LogP contribution < -0.4 is 10.6 Å². The van der Waals surface area contributed by atoms with E-state index in [0.717, 1.165) is 30.8 Å². The molecule has 2 saturated heterocycles. The van der Waals surface area contributed by atoms with Crippen molar-refractivity contribution in [2.24, 2.45) is 0 Å². The lowest BCUT2D eigenvalue weighted by Gasteiger charge is -2.32. The van der Waals surface area contributed by atoms with Gasteiger partial charge < -0.3 is 10.6 Å². The van der Waals surface area contributed by atoms with Crippen molar-refractivity contribution in [1.82, 2.24) is 10.2 Å². The summed E-state index contributed by atoms with van der Waals surface area (Å²) in [5.41, 5.74) is 1.82. The van der Waals surface area contributed by atoms with Gasteiger partial charge in [-0.2, -0.15) is 0 Å². The van der Waals surface area contributed by atoms with Crippen LogP contribution in [0.3, 0.4) is 0 Å². The fraction of sp³-hybridized carbons (Fsp3) is 0.588. The minimum Gasteiger partial charge on any atom is -0.385 e. The average Bonchev–Trinajstić information content (AvgIpc) is 2.92. The van der Waals surface area contributed by atoms with Gasteiger partial charge in [-0.3, -0.25) is 9.69 Å². The van der Waals surface area contributed by atoms with Crippen LogP contribution >= 0.6 is 0 Å². The highest BCUT2D eigenvalue weighted by Crippen LogP contribution is 2.27. The predicted molar refractivity (Wildman–Crippen MR) is 85.7 cm³/mol.